The van der Waals surface area contributed by atoms with Gasteiger partial charge in [0.2, 0.25) is 0 Å². The molecule has 0 aliphatic heterocycles. The molecule has 0 heterocycles. The molecule has 0 saturated heterocycles. The minimum absolute atomic E-state index is 0.0184. The van der Waals surface area contributed by atoms with Gasteiger partial charge in [-0.15, -0.1) is 0 Å². The highest BCUT2D eigenvalue weighted by atomic mass is 16.5. The highest BCUT2D eigenvalue weighted by Crippen LogP contribution is 2.29. The first kappa shape index (κ1) is 18.1. The van der Waals surface area contributed by atoms with Crippen LogP contribution < -0.4 is 19.5 Å². The summed E-state index contributed by atoms with van der Waals surface area (Å²) in [6, 6.07) is 11.4. The third kappa shape index (κ3) is 4.10. The van der Waals surface area contributed by atoms with Crippen LogP contribution in [0.5, 0.6) is 17.2 Å². The molecule has 0 bridgehead atoms. The Hall–Kier alpha value is -2.69. The van der Waals surface area contributed by atoms with Crippen LogP contribution in [0, 0.1) is 0 Å². The summed E-state index contributed by atoms with van der Waals surface area (Å²) in [5.41, 5.74) is 3.58. The van der Waals surface area contributed by atoms with E-state index >= 15 is 0 Å². The third-order valence-corrected chi connectivity index (χ3v) is 4.72. The smallest absolute Gasteiger partial charge is 0.258 e. The third-order valence-electron chi connectivity index (χ3n) is 4.72. The Morgan fingerprint density at radius 3 is 2.58 bits per heavy atom. The molecule has 2 aromatic rings. The van der Waals surface area contributed by atoms with Crippen molar-refractivity contribution in [1.82, 2.24) is 5.32 Å². The number of aryl methyl sites for hydroxylation is 2. The molecule has 1 aliphatic carbocycles. The lowest BCUT2D eigenvalue weighted by atomic mass is 10.1. The van der Waals surface area contributed by atoms with Crippen molar-refractivity contribution in [3.05, 3.63) is 53.1 Å². The quantitative estimate of drug-likeness (QED) is 0.826. The molecule has 5 heteroatoms. The number of fused-ring (bicyclic) bond motifs is 1. The first-order chi connectivity index (χ1) is 12.6. The Morgan fingerprint density at radius 2 is 1.81 bits per heavy atom. The van der Waals surface area contributed by atoms with Crippen LogP contribution in [0.15, 0.2) is 36.4 Å². The maximum Gasteiger partial charge on any atom is 0.258 e. The minimum atomic E-state index is -0.226. The summed E-state index contributed by atoms with van der Waals surface area (Å²) in [7, 11) is 3.22. The van der Waals surface area contributed by atoms with Crippen molar-refractivity contribution in [2.45, 2.75) is 32.2 Å². The fourth-order valence-electron chi connectivity index (χ4n) is 3.33. The summed E-state index contributed by atoms with van der Waals surface area (Å²) in [6.45, 7) is 1.89. The average molecular weight is 355 g/mol. The number of rotatable bonds is 7. The Bertz CT molecular complexity index is 788. The van der Waals surface area contributed by atoms with Crippen molar-refractivity contribution >= 4 is 5.91 Å². The Balaban J connectivity index is 1.59. The van der Waals surface area contributed by atoms with E-state index in [0.29, 0.717) is 5.75 Å². The molecule has 0 fully saturated rings. The predicted octanol–water partition coefficient (Wildman–Crippen LogP) is 3.45. The molecule has 1 N–H and O–H groups in total. The van der Waals surface area contributed by atoms with E-state index in [1.54, 1.807) is 14.2 Å². The topological polar surface area (TPSA) is 56.8 Å². The summed E-state index contributed by atoms with van der Waals surface area (Å²) in [5, 5.41) is 2.95. The van der Waals surface area contributed by atoms with Crippen LogP contribution in [-0.2, 0) is 17.6 Å². The lowest BCUT2D eigenvalue weighted by Crippen LogP contribution is -2.31. The molecular weight excluding hydrogens is 330 g/mol. The number of nitrogens with one attached hydrogen (secondary N) is 1. The van der Waals surface area contributed by atoms with Crippen molar-refractivity contribution < 1.29 is 19.0 Å². The van der Waals surface area contributed by atoms with E-state index in [1.165, 1.54) is 17.5 Å². The van der Waals surface area contributed by atoms with E-state index in [9.17, 15) is 4.79 Å². The molecule has 1 amide bonds. The molecule has 0 radical (unpaired) electrons. The normalized spacial score (nSPS) is 13.7. The number of hydrogen-bond acceptors (Lipinski definition) is 4. The summed E-state index contributed by atoms with van der Waals surface area (Å²) >= 11 is 0. The number of ether oxygens (including phenoxy) is 3. The molecule has 0 saturated carbocycles. The van der Waals surface area contributed by atoms with E-state index < -0.39 is 0 Å². The van der Waals surface area contributed by atoms with Crippen LogP contribution in [0.2, 0.25) is 0 Å². The second-order valence-corrected chi connectivity index (χ2v) is 6.47. The molecule has 2 aromatic carbocycles. The Morgan fingerprint density at radius 1 is 1.04 bits per heavy atom. The monoisotopic (exact) mass is 355 g/mol. The van der Waals surface area contributed by atoms with E-state index in [0.717, 1.165) is 29.9 Å². The van der Waals surface area contributed by atoms with Crippen molar-refractivity contribution in [3.63, 3.8) is 0 Å². The number of amides is 1. The maximum absolute atomic E-state index is 12.3. The predicted molar refractivity (Wildman–Crippen MR) is 100 cm³/mol. The van der Waals surface area contributed by atoms with E-state index in [4.69, 9.17) is 14.2 Å². The first-order valence-corrected chi connectivity index (χ1v) is 8.86. The van der Waals surface area contributed by atoms with Gasteiger partial charge in [0.05, 0.1) is 20.3 Å². The molecule has 138 valence electrons. The van der Waals surface area contributed by atoms with Gasteiger partial charge in [0, 0.05) is 5.56 Å². The van der Waals surface area contributed by atoms with Gasteiger partial charge >= 0.3 is 0 Å². The zero-order valence-electron chi connectivity index (χ0n) is 15.5. The molecule has 5 nitrogen and oxygen atoms in total. The van der Waals surface area contributed by atoms with Gasteiger partial charge in [-0.25, -0.2) is 0 Å². The van der Waals surface area contributed by atoms with Crippen LogP contribution in [0.1, 0.15) is 36.1 Å². The number of benzene rings is 2. The Labute approximate surface area is 154 Å². The van der Waals surface area contributed by atoms with E-state index in [2.05, 4.69) is 11.4 Å². The molecule has 0 unspecified atom stereocenters. The SMILES string of the molecule is COc1ccc(OC)c([C@@H](C)NC(=O)COc2ccc3c(c2)CCC3)c1. The average Bonchev–Trinajstić information content (AvgIpc) is 3.13. The molecule has 26 heavy (non-hydrogen) atoms. The summed E-state index contributed by atoms with van der Waals surface area (Å²) in [5.74, 6) is 1.99. The minimum Gasteiger partial charge on any atom is -0.497 e. The van der Waals surface area contributed by atoms with Crippen LogP contribution in [0.25, 0.3) is 0 Å². The van der Waals surface area contributed by atoms with Gasteiger partial charge in [0.15, 0.2) is 6.61 Å². The highest BCUT2D eigenvalue weighted by Gasteiger charge is 2.16. The van der Waals surface area contributed by atoms with Crippen LogP contribution in [0.4, 0.5) is 0 Å². The molecular formula is C21H25NO4. The second kappa shape index (κ2) is 8.13. The van der Waals surface area contributed by atoms with Crippen LogP contribution >= 0.6 is 0 Å². The van der Waals surface area contributed by atoms with Crippen LogP contribution in [0.3, 0.4) is 0 Å². The van der Waals surface area contributed by atoms with Gasteiger partial charge in [-0.3, -0.25) is 4.79 Å². The van der Waals surface area contributed by atoms with Gasteiger partial charge in [-0.05, 0) is 67.6 Å². The van der Waals surface area contributed by atoms with Gasteiger partial charge in [-0.1, -0.05) is 6.07 Å². The standard InChI is InChI=1S/C21H25NO4/c1-14(19-12-17(24-2)9-10-20(19)25-3)22-21(23)13-26-18-8-7-15-5-4-6-16(15)11-18/h7-12,14H,4-6,13H2,1-3H3,(H,22,23)/t14-/m1/s1. The summed E-state index contributed by atoms with van der Waals surface area (Å²) in [6.07, 6.45) is 3.42. The maximum atomic E-state index is 12.3. The first-order valence-electron chi connectivity index (χ1n) is 8.86. The van der Waals surface area contributed by atoms with Crippen molar-refractivity contribution in [3.8, 4) is 17.2 Å². The summed E-state index contributed by atoms with van der Waals surface area (Å²) < 4.78 is 16.3. The van der Waals surface area contributed by atoms with Gasteiger partial charge in [0.25, 0.3) is 5.91 Å². The molecule has 3 rings (SSSR count). The number of hydrogen-bond donors (Lipinski definition) is 1. The lowest BCUT2D eigenvalue weighted by Gasteiger charge is -2.18. The van der Waals surface area contributed by atoms with Gasteiger partial charge in [-0.2, -0.15) is 0 Å². The van der Waals surface area contributed by atoms with Crippen molar-refractivity contribution in [2.75, 3.05) is 20.8 Å². The number of methoxy groups -OCH3 is 2. The molecule has 1 aliphatic rings. The Kier molecular flexibility index (Phi) is 5.66. The lowest BCUT2D eigenvalue weighted by molar-refractivity contribution is -0.123. The van der Waals surface area contributed by atoms with Gasteiger partial charge in [0.1, 0.15) is 17.2 Å². The van der Waals surface area contributed by atoms with Crippen molar-refractivity contribution in [2.24, 2.45) is 0 Å². The number of carbonyl (C=O) groups excluding carboxylic acids is 1. The van der Waals surface area contributed by atoms with Gasteiger partial charge < -0.3 is 19.5 Å². The number of carbonyl (C=O) groups is 1. The largest absolute Gasteiger partial charge is 0.497 e. The fraction of sp³-hybridized carbons (Fsp3) is 0.381. The van der Waals surface area contributed by atoms with Crippen LogP contribution in [-0.4, -0.2) is 26.7 Å². The second-order valence-electron chi connectivity index (χ2n) is 6.47. The fourth-order valence-corrected chi connectivity index (χ4v) is 3.33. The molecule has 0 aromatic heterocycles. The van der Waals surface area contributed by atoms with E-state index in [-0.39, 0.29) is 18.6 Å². The summed E-state index contributed by atoms with van der Waals surface area (Å²) in [4.78, 5) is 12.3. The van der Waals surface area contributed by atoms with Crippen molar-refractivity contribution in [1.29, 1.82) is 0 Å². The van der Waals surface area contributed by atoms with E-state index in [1.807, 2.05) is 37.3 Å². The zero-order chi connectivity index (χ0) is 18.5. The molecule has 0 spiro atoms. The molecule has 1 atom stereocenters. The zero-order valence-corrected chi connectivity index (χ0v) is 15.5. The highest BCUT2D eigenvalue weighted by molar-refractivity contribution is 5.78.